The maximum absolute atomic E-state index is 12.6. The molecule has 0 spiro atoms. The quantitative estimate of drug-likeness (QED) is 0.0202. The number of allylic oxidation sites excluding steroid dienone is 8. The molecule has 0 aliphatic carbocycles. The Morgan fingerprint density at radius 2 is 1.09 bits per heavy atom. The van der Waals surface area contributed by atoms with Crippen molar-refractivity contribution in [2.45, 2.75) is 174 Å². The molecule has 310 valence electrons. The second kappa shape index (κ2) is 37.4. The van der Waals surface area contributed by atoms with E-state index in [1.807, 2.05) is 21.1 Å². The van der Waals surface area contributed by atoms with Crippen LogP contribution in [0.1, 0.15) is 168 Å². The van der Waals surface area contributed by atoms with Crippen molar-refractivity contribution in [2.24, 2.45) is 0 Å². The fraction of sp³-hybridized carbons (Fsp3) is 0.795. The van der Waals surface area contributed by atoms with Crippen molar-refractivity contribution in [2.75, 3.05) is 54.1 Å². The van der Waals surface area contributed by atoms with Crippen LogP contribution in [0.25, 0.3) is 0 Å². The van der Waals surface area contributed by atoms with Gasteiger partial charge in [0.05, 0.1) is 34.4 Å². The van der Waals surface area contributed by atoms with Crippen LogP contribution >= 0.6 is 7.82 Å². The van der Waals surface area contributed by atoms with E-state index in [9.17, 15) is 14.3 Å². The summed E-state index contributed by atoms with van der Waals surface area (Å²) >= 11 is 0. The van der Waals surface area contributed by atoms with Crippen molar-refractivity contribution in [3.05, 3.63) is 48.6 Å². The first-order valence-electron chi connectivity index (χ1n) is 21.4. The molecule has 2 atom stereocenters. The Morgan fingerprint density at radius 3 is 1.66 bits per heavy atom. The zero-order valence-corrected chi connectivity index (χ0v) is 35.8. The van der Waals surface area contributed by atoms with Crippen LogP contribution in [0, 0.1) is 0 Å². The highest BCUT2D eigenvalue weighted by molar-refractivity contribution is 7.45. The van der Waals surface area contributed by atoms with E-state index in [0.29, 0.717) is 17.6 Å². The van der Waals surface area contributed by atoms with Crippen molar-refractivity contribution in [1.82, 2.24) is 0 Å². The van der Waals surface area contributed by atoms with Crippen molar-refractivity contribution in [3.8, 4) is 0 Å². The molecule has 9 heteroatoms. The Labute approximate surface area is 327 Å². The van der Waals surface area contributed by atoms with E-state index < -0.39 is 13.9 Å². The predicted octanol–water partition coefficient (Wildman–Crippen LogP) is 11.7. The van der Waals surface area contributed by atoms with Gasteiger partial charge in [0, 0.05) is 13.0 Å². The van der Waals surface area contributed by atoms with Crippen LogP contribution in [0.4, 0.5) is 0 Å². The maximum atomic E-state index is 12.6. The molecule has 0 aliphatic heterocycles. The van der Waals surface area contributed by atoms with E-state index in [4.69, 9.17) is 18.5 Å². The molecule has 0 N–H and O–H groups in total. The molecule has 2 unspecified atom stereocenters. The number of hydrogen-bond donors (Lipinski definition) is 0. The standard InChI is InChI=1S/C44H82NO7P/c1-6-8-10-12-14-16-18-20-21-22-23-24-26-28-30-32-34-36-39-49-41-43(42-51-53(47,48)50-40-38-45(3,4)5)52-44(46)37-35-33-31-29-27-25-19-17-15-13-11-9-7-2/h9,11,15,17,20-21,25,27,43H,6-8,10,12-14,16,18-19,22-24,26,28-42H2,1-5H3/b11-9-,17-15-,21-20-,27-25-. The Hall–Kier alpha value is -1.54. The lowest BCUT2D eigenvalue weighted by atomic mass is 10.1. The van der Waals surface area contributed by atoms with Gasteiger partial charge in [-0.2, -0.15) is 0 Å². The number of ether oxygens (including phenoxy) is 2. The van der Waals surface area contributed by atoms with Gasteiger partial charge >= 0.3 is 5.97 Å². The number of carbonyl (C=O) groups is 1. The minimum atomic E-state index is -4.53. The Balaban J connectivity index is 4.27. The highest BCUT2D eigenvalue weighted by Gasteiger charge is 2.20. The third-order valence-electron chi connectivity index (χ3n) is 8.86. The molecule has 0 fully saturated rings. The number of esters is 1. The van der Waals surface area contributed by atoms with Crippen LogP contribution in [0.2, 0.25) is 0 Å². The van der Waals surface area contributed by atoms with Crippen molar-refractivity contribution in [3.63, 3.8) is 0 Å². The number of unbranched alkanes of at least 4 members (excludes halogenated alkanes) is 17. The molecule has 0 aromatic carbocycles. The van der Waals surface area contributed by atoms with Gasteiger partial charge in [-0.05, 0) is 70.6 Å². The van der Waals surface area contributed by atoms with Crippen LogP contribution in [0.15, 0.2) is 48.6 Å². The minimum Gasteiger partial charge on any atom is -0.756 e. The van der Waals surface area contributed by atoms with Crippen LogP contribution in [-0.2, 0) is 27.9 Å². The molecule has 0 heterocycles. The van der Waals surface area contributed by atoms with Crippen LogP contribution in [-0.4, -0.2) is 70.7 Å². The van der Waals surface area contributed by atoms with Crippen molar-refractivity contribution in [1.29, 1.82) is 0 Å². The molecule has 0 aromatic rings. The normalized spacial score (nSPS) is 14.3. The molecule has 53 heavy (non-hydrogen) atoms. The lowest BCUT2D eigenvalue weighted by Gasteiger charge is -2.28. The summed E-state index contributed by atoms with van der Waals surface area (Å²) in [6, 6.07) is 0. The second-order valence-corrected chi connectivity index (χ2v) is 16.7. The molecule has 0 aromatic heterocycles. The van der Waals surface area contributed by atoms with E-state index in [1.165, 1.54) is 89.9 Å². The highest BCUT2D eigenvalue weighted by Crippen LogP contribution is 2.38. The fourth-order valence-electron chi connectivity index (χ4n) is 5.55. The fourth-order valence-corrected chi connectivity index (χ4v) is 6.28. The molecular formula is C44H82NO7P. The van der Waals surface area contributed by atoms with Crippen molar-refractivity contribution >= 4 is 13.8 Å². The predicted molar refractivity (Wildman–Crippen MR) is 222 cm³/mol. The van der Waals surface area contributed by atoms with Gasteiger partial charge in [0.1, 0.15) is 19.3 Å². The van der Waals surface area contributed by atoms with Gasteiger partial charge in [-0.25, -0.2) is 0 Å². The summed E-state index contributed by atoms with van der Waals surface area (Å²) in [5.41, 5.74) is 0. The average Bonchev–Trinajstić information content (AvgIpc) is 3.11. The number of carbonyl (C=O) groups excluding carboxylic acids is 1. The topological polar surface area (TPSA) is 94.1 Å². The molecule has 0 saturated carbocycles. The molecule has 0 radical (unpaired) electrons. The summed E-state index contributed by atoms with van der Waals surface area (Å²) in [5, 5.41) is 0. The number of phosphoric ester groups is 1. The van der Waals surface area contributed by atoms with Crippen LogP contribution in [0.5, 0.6) is 0 Å². The van der Waals surface area contributed by atoms with Crippen molar-refractivity contribution < 1.29 is 37.3 Å². The van der Waals surface area contributed by atoms with Gasteiger partial charge in [0.2, 0.25) is 0 Å². The van der Waals surface area contributed by atoms with Gasteiger partial charge in [-0.3, -0.25) is 9.36 Å². The lowest BCUT2D eigenvalue weighted by Crippen LogP contribution is -2.37. The first-order valence-corrected chi connectivity index (χ1v) is 22.8. The van der Waals surface area contributed by atoms with E-state index in [1.54, 1.807) is 0 Å². The molecule has 0 saturated heterocycles. The average molecular weight is 768 g/mol. The lowest BCUT2D eigenvalue weighted by molar-refractivity contribution is -0.870. The monoisotopic (exact) mass is 768 g/mol. The summed E-state index contributed by atoms with van der Waals surface area (Å²) in [6.07, 6.45) is 44.1. The Kier molecular flexibility index (Phi) is 36.3. The minimum absolute atomic E-state index is 0.0183. The number of likely N-dealkylation sites (N-methyl/N-ethyl adjacent to an activating group) is 1. The number of phosphoric acid groups is 1. The first kappa shape index (κ1) is 51.5. The molecule has 0 bridgehead atoms. The zero-order chi connectivity index (χ0) is 39.1. The van der Waals surface area contributed by atoms with Gasteiger partial charge in [0.25, 0.3) is 7.82 Å². The third kappa shape index (κ3) is 41.5. The molecule has 0 amide bonds. The summed E-state index contributed by atoms with van der Waals surface area (Å²) in [5.74, 6) is -0.365. The van der Waals surface area contributed by atoms with E-state index in [-0.39, 0.29) is 32.2 Å². The maximum Gasteiger partial charge on any atom is 0.306 e. The summed E-state index contributed by atoms with van der Waals surface area (Å²) in [4.78, 5) is 25.0. The molecule has 0 aliphatic rings. The molecule has 8 nitrogen and oxygen atoms in total. The van der Waals surface area contributed by atoms with Gasteiger partial charge in [0.15, 0.2) is 0 Å². The van der Waals surface area contributed by atoms with Crippen LogP contribution < -0.4 is 4.89 Å². The second-order valence-electron chi connectivity index (χ2n) is 15.3. The first-order chi connectivity index (χ1) is 25.6. The molecular weight excluding hydrogens is 685 g/mol. The Bertz CT molecular complexity index is 989. The number of rotatable bonds is 39. The summed E-state index contributed by atoms with van der Waals surface area (Å²) in [6.45, 7) is 5.24. The summed E-state index contributed by atoms with van der Waals surface area (Å²) < 4.78 is 34.5. The highest BCUT2D eigenvalue weighted by atomic mass is 31.2. The number of nitrogens with zero attached hydrogens (tertiary/aromatic N) is 1. The zero-order valence-electron chi connectivity index (χ0n) is 35.0. The van der Waals surface area contributed by atoms with Gasteiger partial charge in [-0.1, -0.05) is 140 Å². The number of quaternary nitrogens is 1. The third-order valence-corrected chi connectivity index (χ3v) is 9.83. The van der Waals surface area contributed by atoms with E-state index >= 15 is 0 Å². The SMILES string of the molecule is CC/C=C\C/C=C\C/C=C\CCCCCC(=O)OC(COCCCCCCCCCC/C=C\CCCCCCCC)COP(=O)([O-])OCC[N+](C)(C)C. The van der Waals surface area contributed by atoms with E-state index in [0.717, 1.165) is 57.8 Å². The van der Waals surface area contributed by atoms with Gasteiger partial charge in [-0.15, -0.1) is 0 Å². The van der Waals surface area contributed by atoms with Crippen LogP contribution in [0.3, 0.4) is 0 Å². The largest absolute Gasteiger partial charge is 0.756 e. The van der Waals surface area contributed by atoms with Gasteiger partial charge < -0.3 is 27.9 Å². The summed E-state index contributed by atoms with van der Waals surface area (Å²) in [7, 11) is 1.33. The Morgan fingerprint density at radius 1 is 0.604 bits per heavy atom. The smallest absolute Gasteiger partial charge is 0.306 e. The number of hydrogen-bond acceptors (Lipinski definition) is 7. The van der Waals surface area contributed by atoms with E-state index in [2.05, 4.69) is 62.5 Å². The molecule has 0 rings (SSSR count).